The summed E-state index contributed by atoms with van der Waals surface area (Å²) in [7, 11) is 0. The number of pyridine rings is 1. The Hall–Kier alpha value is -1.92. The Morgan fingerprint density at radius 2 is 2.19 bits per heavy atom. The third-order valence-corrected chi connectivity index (χ3v) is 4.78. The second kappa shape index (κ2) is 5.46. The number of thiophene rings is 1. The summed E-state index contributed by atoms with van der Waals surface area (Å²) < 4.78 is 1.89. The number of carbonyl (C=O) groups excluding carboxylic acids is 1. The van der Waals surface area contributed by atoms with Crippen LogP contribution in [0.5, 0.6) is 0 Å². The first kappa shape index (κ1) is 14.0. The van der Waals surface area contributed by atoms with E-state index in [0.29, 0.717) is 16.1 Å². The van der Waals surface area contributed by atoms with Gasteiger partial charge in [-0.25, -0.2) is 0 Å². The van der Waals surface area contributed by atoms with E-state index in [1.165, 1.54) is 11.3 Å². The molecule has 0 aliphatic rings. The lowest BCUT2D eigenvalue weighted by Gasteiger charge is -2.08. The molecule has 0 bridgehead atoms. The van der Waals surface area contributed by atoms with E-state index in [1.54, 1.807) is 6.20 Å². The molecule has 0 radical (unpaired) electrons. The predicted octanol–water partition coefficient (Wildman–Crippen LogP) is 4.20. The summed E-state index contributed by atoms with van der Waals surface area (Å²) in [5.41, 5.74) is 8.90. The van der Waals surface area contributed by atoms with Gasteiger partial charge >= 0.3 is 0 Å². The zero-order valence-electron chi connectivity index (χ0n) is 11.2. The number of anilines is 2. The van der Waals surface area contributed by atoms with Crippen molar-refractivity contribution in [3.8, 4) is 0 Å². The SMILES string of the molecule is Cc1cc(Br)ccc1NC(=O)c1sc2cccnc2c1N. The number of nitrogens with two attached hydrogens (primary N) is 1. The Morgan fingerprint density at radius 1 is 1.38 bits per heavy atom. The molecule has 0 aliphatic heterocycles. The molecule has 21 heavy (non-hydrogen) atoms. The number of aromatic nitrogens is 1. The summed E-state index contributed by atoms with van der Waals surface area (Å²) >= 11 is 4.75. The van der Waals surface area contributed by atoms with Crippen molar-refractivity contribution in [2.45, 2.75) is 6.92 Å². The maximum absolute atomic E-state index is 12.4. The summed E-state index contributed by atoms with van der Waals surface area (Å²) in [6.45, 7) is 1.94. The molecular weight excluding hydrogens is 350 g/mol. The average Bonchev–Trinajstić information content (AvgIpc) is 2.80. The quantitative estimate of drug-likeness (QED) is 0.718. The van der Waals surface area contributed by atoms with Crippen molar-refractivity contribution in [3.63, 3.8) is 0 Å². The van der Waals surface area contributed by atoms with Crippen LogP contribution in [0.3, 0.4) is 0 Å². The summed E-state index contributed by atoms with van der Waals surface area (Å²) in [6.07, 6.45) is 1.67. The molecule has 2 aromatic heterocycles. The zero-order chi connectivity index (χ0) is 15.0. The largest absolute Gasteiger partial charge is 0.396 e. The van der Waals surface area contributed by atoms with Crippen LogP contribution in [0.4, 0.5) is 11.4 Å². The van der Waals surface area contributed by atoms with Crippen LogP contribution in [0.2, 0.25) is 0 Å². The van der Waals surface area contributed by atoms with E-state index >= 15 is 0 Å². The van der Waals surface area contributed by atoms with E-state index in [4.69, 9.17) is 5.73 Å². The lowest BCUT2D eigenvalue weighted by molar-refractivity contribution is 0.103. The minimum absolute atomic E-state index is 0.207. The molecule has 3 N–H and O–H groups in total. The van der Waals surface area contributed by atoms with Gasteiger partial charge in [0.1, 0.15) is 10.4 Å². The van der Waals surface area contributed by atoms with Crippen LogP contribution in [0.1, 0.15) is 15.2 Å². The fourth-order valence-electron chi connectivity index (χ4n) is 2.06. The molecule has 3 aromatic rings. The lowest BCUT2D eigenvalue weighted by atomic mass is 10.2. The maximum Gasteiger partial charge on any atom is 0.267 e. The molecule has 0 atom stereocenters. The Morgan fingerprint density at radius 3 is 2.90 bits per heavy atom. The first-order valence-electron chi connectivity index (χ1n) is 6.27. The highest BCUT2D eigenvalue weighted by molar-refractivity contribution is 9.10. The second-order valence-electron chi connectivity index (χ2n) is 4.61. The van der Waals surface area contributed by atoms with Gasteiger partial charge in [0.2, 0.25) is 0 Å². The Kier molecular flexibility index (Phi) is 3.65. The molecule has 6 heteroatoms. The van der Waals surface area contributed by atoms with Crippen LogP contribution < -0.4 is 11.1 Å². The molecular formula is C15H12BrN3OS. The van der Waals surface area contributed by atoms with Gasteiger partial charge in [0.15, 0.2) is 0 Å². The number of nitrogens with zero attached hydrogens (tertiary/aromatic N) is 1. The highest BCUT2D eigenvalue weighted by Gasteiger charge is 2.17. The number of hydrogen-bond acceptors (Lipinski definition) is 4. The van der Waals surface area contributed by atoms with E-state index in [9.17, 15) is 4.79 Å². The van der Waals surface area contributed by atoms with E-state index in [2.05, 4.69) is 26.2 Å². The minimum Gasteiger partial charge on any atom is -0.396 e. The first-order chi connectivity index (χ1) is 10.1. The lowest BCUT2D eigenvalue weighted by Crippen LogP contribution is -2.12. The highest BCUT2D eigenvalue weighted by Crippen LogP contribution is 2.32. The summed E-state index contributed by atoms with van der Waals surface area (Å²) in [5, 5.41) is 2.90. The number of benzene rings is 1. The molecule has 0 saturated heterocycles. The predicted molar refractivity (Wildman–Crippen MR) is 90.9 cm³/mol. The van der Waals surface area contributed by atoms with E-state index in [1.807, 2.05) is 37.3 Å². The van der Waals surface area contributed by atoms with Crippen molar-refractivity contribution in [2.24, 2.45) is 0 Å². The van der Waals surface area contributed by atoms with Crippen molar-refractivity contribution < 1.29 is 4.79 Å². The highest BCUT2D eigenvalue weighted by atomic mass is 79.9. The van der Waals surface area contributed by atoms with Crippen LogP contribution in [0, 0.1) is 6.92 Å². The molecule has 3 rings (SSSR count). The standard InChI is InChI=1S/C15H12BrN3OS/c1-8-7-9(16)4-5-10(8)19-15(20)14-12(17)13-11(21-14)3-2-6-18-13/h2-7H,17H2,1H3,(H,19,20). The summed E-state index contributed by atoms with van der Waals surface area (Å²) in [6, 6.07) is 9.44. The van der Waals surface area contributed by atoms with Gasteiger partial charge in [0.05, 0.1) is 10.4 Å². The normalized spacial score (nSPS) is 10.8. The number of nitrogens with one attached hydrogen (secondary N) is 1. The number of aryl methyl sites for hydroxylation is 1. The van der Waals surface area contributed by atoms with E-state index in [0.717, 1.165) is 20.4 Å². The molecule has 1 amide bonds. The fraction of sp³-hybridized carbons (Fsp3) is 0.0667. The Labute approximate surface area is 134 Å². The number of amides is 1. The van der Waals surface area contributed by atoms with Gasteiger partial charge in [-0.15, -0.1) is 11.3 Å². The van der Waals surface area contributed by atoms with Crippen molar-refractivity contribution in [3.05, 3.63) is 51.4 Å². The molecule has 0 unspecified atom stereocenters. The molecule has 0 saturated carbocycles. The average molecular weight is 362 g/mol. The van der Waals surface area contributed by atoms with E-state index in [-0.39, 0.29) is 5.91 Å². The molecule has 4 nitrogen and oxygen atoms in total. The van der Waals surface area contributed by atoms with Crippen LogP contribution in [-0.4, -0.2) is 10.9 Å². The molecule has 1 aromatic carbocycles. The number of halogens is 1. The van der Waals surface area contributed by atoms with Gasteiger partial charge in [-0.3, -0.25) is 9.78 Å². The number of fused-ring (bicyclic) bond motifs is 1. The third-order valence-electron chi connectivity index (χ3n) is 3.13. The second-order valence-corrected chi connectivity index (χ2v) is 6.58. The van der Waals surface area contributed by atoms with Crippen molar-refractivity contribution in [1.82, 2.24) is 4.98 Å². The van der Waals surface area contributed by atoms with Crippen LogP contribution in [0.15, 0.2) is 41.0 Å². The van der Waals surface area contributed by atoms with Crippen LogP contribution >= 0.6 is 27.3 Å². The Bertz CT molecular complexity index is 844. The van der Waals surface area contributed by atoms with Gasteiger partial charge in [-0.2, -0.15) is 0 Å². The molecule has 0 fully saturated rings. The molecule has 0 aliphatic carbocycles. The zero-order valence-corrected chi connectivity index (χ0v) is 13.6. The first-order valence-corrected chi connectivity index (χ1v) is 7.87. The number of hydrogen-bond donors (Lipinski definition) is 2. The van der Waals surface area contributed by atoms with E-state index < -0.39 is 0 Å². The van der Waals surface area contributed by atoms with Gasteiger partial charge < -0.3 is 11.1 Å². The minimum atomic E-state index is -0.207. The maximum atomic E-state index is 12.4. The molecule has 106 valence electrons. The third kappa shape index (κ3) is 2.64. The van der Waals surface area contributed by atoms with Gasteiger partial charge in [-0.05, 0) is 42.8 Å². The number of rotatable bonds is 2. The van der Waals surface area contributed by atoms with Gasteiger partial charge in [0, 0.05) is 16.4 Å². The Balaban J connectivity index is 1.95. The van der Waals surface area contributed by atoms with Crippen molar-refractivity contribution in [2.75, 3.05) is 11.1 Å². The number of nitrogen functional groups attached to an aromatic ring is 1. The fourth-order valence-corrected chi connectivity index (χ4v) is 3.51. The molecule has 0 spiro atoms. The summed E-state index contributed by atoms with van der Waals surface area (Å²) in [5.74, 6) is -0.207. The van der Waals surface area contributed by atoms with Crippen LogP contribution in [0.25, 0.3) is 10.2 Å². The van der Waals surface area contributed by atoms with Crippen molar-refractivity contribution >= 4 is 54.8 Å². The van der Waals surface area contributed by atoms with Gasteiger partial charge in [0.25, 0.3) is 5.91 Å². The van der Waals surface area contributed by atoms with Crippen LogP contribution in [-0.2, 0) is 0 Å². The summed E-state index contributed by atoms with van der Waals surface area (Å²) in [4.78, 5) is 17.1. The van der Waals surface area contributed by atoms with Crippen molar-refractivity contribution in [1.29, 1.82) is 0 Å². The smallest absolute Gasteiger partial charge is 0.267 e. The topological polar surface area (TPSA) is 68.0 Å². The molecule has 2 heterocycles. The monoisotopic (exact) mass is 361 g/mol. The van der Waals surface area contributed by atoms with Gasteiger partial charge in [-0.1, -0.05) is 15.9 Å². The number of carbonyl (C=O) groups is 1.